The molecule has 5 nitrogen and oxygen atoms in total. The predicted molar refractivity (Wildman–Crippen MR) is 138 cm³/mol. The largest absolute Gasteiger partial charge is 0.490 e. The summed E-state index contributed by atoms with van der Waals surface area (Å²) in [4.78, 5) is 15.0. The molecule has 1 aliphatic rings. The molecule has 180 valence electrons. The molecule has 1 aliphatic heterocycles. The van der Waals surface area contributed by atoms with Gasteiger partial charge in [-0.3, -0.25) is 4.79 Å². The van der Waals surface area contributed by atoms with Crippen molar-refractivity contribution >= 4 is 36.9 Å². The Morgan fingerprint density at radius 3 is 2.58 bits per heavy atom. The second-order valence-corrected chi connectivity index (χ2v) is 14.3. The van der Waals surface area contributed by atoms with Crippen molar-refractivity contribution in [2.75, 3.05) is 20.3 Å². The molecule has 33 heavy (non-hydrogen) atoms. The van der Waals surface area contributed by atoms with Gasteiger partial charge in [0.25, 0.3) is 0 Å². The van der Waals surface area contributed by atoms with E-state index in [0.717, 1.165) is 14.7 Å². The molecule has 2 aromatic carbocycles. The minimum atomic E-state index is -3.31. The van der Waals surface area contributed by atoms with Crippen LogP contribution in [0.4, 0.5) is 4.11 Å². The van der Waals surface area contributed by atoms with Crippen LogP contribution < -0.4 is 4.74 Å². The number of hydrogen-bond donors (Lipinski definition) is 1. The summed E-state index contributed by atoms with van der Waals surface area (Å²) in [7, 11) is -1.65. The Hall–Kier alpha value is -1.49. The highest BCUT2D eigenvalue weighted by Gasteiger charge is 2.48. The van der Waals surface area contributed by atoms with Gasteiger partial charge in [0.1, 0.15) is 11.9 Å². The van der Waals surface area contributed by atoms with Crippen molar-refractivity contribution < 1.29 is 23.5 Å². The van der Waals surface area contributed by atoms with Crippen LogP contribution in [0.15, 0.2) is 48.5 Å². The lowest BCUT2D eigenvalue weighted by atomic mass is 9.86. The van der Waals surface area contributed by atoms with Crippen molar-refractivity contribution in [1.29, 1.82) is 0 Å². The van der Waals surface area contributed by atoms with Gasteiger partial charge in [-0.15, -0.1) is 0 Å². The number of aliphatic hydroxyl groups is 1. The van der Waals surface area contributed by atoms with Gasteiger partial charge in [-0.2, -0.15) is 0 Å². The van der Waals surface area contributed by atoms with Crippen LogP contribution in [0, 0.1) is 9.49 Å². The number of hydrogen-bond acceptors (Lipinski definition) is 4. The van der Waals surface area contributed by atoms with Crippen molar-refractivity contribution in [2.24, 2.45) is 5.92 Å². The van der Waals surface area contributed by atoms with E-state index >= 15 is 4.11 Å². The molecule has 0 fully saturated rings. The maximum Gasteiger partial charge on any atom is 0.248 e. The quantitative estimate of drug-likeness (QED) is 0.246. The van der Waals surface area contributed by atoms with E-state index in [1.54, 1.807) is 25.1 Å². The first-order valence-corrected chi connectivity index (χ1v) is 15.3. The summed E-state index contributed by atoms with van der Waals surface area (Å²) in [5.41, 5.74) is 1.38. The smallest absolute Gasteiger partial charge is 0.248 e. The lowest BCUT2D eigenvalue weighted by Crippen LogP contribution is -2.48. The standard InChI is InChI=1S/C25H33FINO4Si/c1-17-24(31-2)20-14-19(27)10-11-21(20)32-25(17)22(33(3,4)26)15-23(30)28(12-13-29)16-18-8-6-5-7-9-18/h5-11,14,17,22,24-25,29H,12-13,15-16H2,1-4H3/t17-,22?,24-,25-/m1/s1. The van der Waals surface area contributed by atoms with Crippen molar-refractivity contribution in [3.63, 3.8) is 0 Å². The molecular weight excluding hydrogens is 552 g/mol. The monoisotopic (exact) mass is 585 g/mol. The molecule has 8 heteroatoms. The highest BCUT2D eigenvalue weighted by atomic mass is 127. The average Bonchev–Trinajstić information content (AvgIpc) is 2.77. The Kier molecular flexibility index (Phi) is 8.93. The summed E-state index contributed by atoms with van der Waals surface area (Å²) in [5, 5.41) is 9.55. The number of aliphatic hydroxyl groups excluding tert-OH is 1. The second kappa shape index (κ2) is 11.3. The van der Waals surface area contributed by atoms with Gasteiger partial charge in [0, 0.05) is 47.2 Å². The predicted octanol–water partition coefficient (Wildman–Crippen LogP) is 5.33. The van der Waals surface area contributed by atoms with E-state index in [0.29, 0.717) is 12.3 Å². The number of carbonyl (C=O) groups excluding carboxylic acids is 1. The van der Waals surface area contributed by atoms with E-state index in [1.807, 2.05) is 55.5 Å². The van der Waals surface area contributed by atoms with Crippen LogP contribution >= 0.6 is 22.6 Å². The topological polar surface area (TPSA) is 59.0 Å². The summed E-state index contributed by atoms with van der Waals surface area (Å²) in [5.74, 6) is 0.397. The van der Waals surface area contributed by atoms with Gasteiger partial charge in [-0.25, -0.2) is 0 Å². The lowest BCUT2D eigenvalue weighted by Gasteiger charge is -2.43. The Morgan fingerprint density at radius 1 is 1.27 bits per heavy atom. The zero-order valence-corrected chi connectivity index (χ0v) is 22.8. The van der Waals surface area contributed by atoms with E-state index in [9.17, 15) is 9.90 Å². The van der Waals surface area contributed by atoms with Gasteiger partial charge in [-0.05, 0) is 59.4 Å². The fourth-order valence-electron chi connectivity index (χ4n) is 4.63. The van der Waals surface area contributed by atoms with E-state index < -0.39 is 20.1 Å². The first kappa shape index (κ1) is 26.1. The summed E-state index contributed by atoms with van der Waals surface area (Å²) in [6, 6.07) is 15.5. The van der Waals surface area contributed by atoms with Crippen LogP contribution in [-0.4, -0.2) is 50.7 Å². The first-order chi connectivity index (χ1) is 15.7. The number of methoxy groups -OCH3 is 1. The summed E-state index contributed by atoms with van der Waals surface area (Å²) >= 11 is 2.26. The second-order valence-electron chi connectivity index (χ2n) is 9.18. The van der Waals surface area contributed by atoms with Crippen molar-refractivity contribution in [3.8, 4) is 5.75 Å². The van der Waals surface area contributed by atoms with Gasteiger partial charge in [0.05, 0.1) is 12.7 Å². The Bertz CT molecular complexity index is 940. The van der Waals surface area contributed by atoms with E-state index in [1.165, 1.54) is 0 Å². The van der Waals surface area contributed by atoms with Gasteiger partial charge < -0.3 is 23.6 Å². The highest BCUT2D eigenvalue weighted by molar-refractivity contribution is 14.1. The number of rotatable bonds is 9. The van der Waals surface area contributed by atoms with Crippen LogP contribution in [0.5, 0.6) is 5.75 Å². The van der Waals surface area contributed by atoms with Crippen LogP contribution in [0.3, 0.4) is 0 Å². The Labute approximate surface area is 210 Å². The molecule has 1 amide bonds. The number of carbonyl (C=O) groups is 1. The van der Waals surface area contributed by atoms with Gasteiger partial charge >= 0.3 is 0 Å². The fraction of sp³-hybridized carbons (Fsp3) is 0.480. The van der Waals surface area contributed by atoms with Gasteiger partial charge in [-0.1, -0.05) is 37.3 Å². The molecular formula is C25H33FINO4Si. The van der Waals surface area contributed by atoms with Gasteiger partial charge in [0.2, 0.25) is 14.3 Å². The van der Waals surface area contributed by atoms with Crippen molar-refractivity contribution in [2.45, 2.75) is 50.7 Å². The number of fused-ring (bicyclic) bond motifs is 1. The van der Waals surface area contributed by atoms with Crippen LogP contribution in [0.2, 0.25) is 18.6 Å². The number of amides is 1. The Morgan fingerprint density at radius 2 is 1.97 bits per heavy atom. The van der Waals surface area contributed by atoms with Gasteiger partial charge in [0.15, 0.2) is 0 Å². The maximum atomic E-state index is 15.7. The lowest BCUT2D eigenvalue weighted by molar-refractivity contribution is -0.133. The fourth-order valence-corrected chi connectivity index (χ4v) is 6.96. The minimum absolute atomic E-state index is 0.0354. The van der Waals surface area contributed by atoms with Crippen molar-refractivity contribution in [1.82, 2.24) is 4.90 Å². The maximum absolute atomic E-state index is 15.7. The Balaban J connectivity index is 1.87. The number of halogens is 2. The molecule has 0 spiro atoms. The average molecular weight is 586 g/mol. The molecule has 0 radical (unpaired) electrons. The molecule has 0 saturated carbocycles. The molecule has 1 N–H and O–H groups in total. The molecule has 1 unspecified atom stereocenters. The summed E-state index contributed by atoms with van der Waals surface area (Å²) in [6.07, 6.45) is -0.681. The zero-order valence-electron chi connectivity index (χ0n) is 19.6. The van der Waals surface area contributed by atoms with E-state index in [-0.39, 0.29) is 37.5 Å². The van der Waals surface area contributed by atoms with E-state index in [4.69, 9.17) is 9.47 Å². The third kappa shape index (κ3) is 6.35. The molecule has 0 bridgehead atoms. The van der Waals surface area contributed by atoms with Crippen molar-refractivity contribution in [3.05, 3.63) is 63.2 Å². The normalized spacial score (nSPS) is 21.1. The number of nitrogens with zero attached hydrogens (tertiary/aromatic N) is 1. The molecule has 0 aliphatic carbocycles. The first-order valence-electron chi connectivity index (χ1n) is 11.3. The molecule has 4 atom stereocenters. The molecule has 0 saturated heterocycles. The third-order valence-corrected chi connectivity index (χ3v) is 9.37. The number of ether oxygens (including phenoxy) is 2. The van der Waals surface area contributed by atoms with Crippen LogP contribution in [-0.2, 0) is 16.1 Å². The van der Waals surface area contributed by atoms with Crippen LogP contribution in [0.1, 0.15) is 30.6 Å². The highest BCUT2D eigenvalue weighted by Crippen LogP contribution is 2.47. The molecule has 3 rings (SSSR count). The zero-order chi connectivity index (χ0) is 24.2. The van der Waals surface area contributed by atoms with E-state index in [2.05, 4.69) is 22.6 Å². The summed E-state index contributed by atoms with van der Waals surface area (Å²) in [6.45, 7) is 5.73. The third-order valence-electron chi connectivity index (χ3n) is 6.40. The SMILES string of the molecule is CO[C@H]1c2cc(I)ccc2O[C@@H](C(CC(=O)N(CCO)Cc2ccccc2)[Si](C)(C)F)[C@@H]1C. The summed E-state index contributed by atoms with van der Waals surface area (Å²) < 4.78 is 29.0. The molecule has 0 aromatic heterocycles. The number of benzene rings is 2. The molecule has 2 aromatic rings. The molecule has 1 heterocycles. The van der Waals surface area contributed by atoms with Crippen LogP contribution in [0.25, 0.3) is 0 Å². The minimum Gasteiger partial charge on any atom is -0.490 e.